The standard InChI is InChI=1S/C21H24Cl2N4O4/c1-30-19-8-12(2-4-15(19)23)14-6-7-27(10-16(14)24)20(28)11-31-18-5-3-13(22)9-17(18)26-21(25)29/h2-5,8-9,14,16H,6-7,10-11,24H2,1H3,(H3,25,26,29). The van der Waals surface area contributed by atoms with Crippen molar-refractivity contribution in [2.24, 2.45) is 11.5 Å². The molecule has 1 aliphatic rings. The molecule has 166 valence electrons. The quantitative estimate of drug-likeness (QED) is 0.603. The van der Waals surface area contributed by atoms with Gasteiger partial charge in [0.05, 0.1) is 17.8 Å². The van der Waals surface area contributed by atoms with Gasteiger partial charge in [0.2, 0.25) is 0 Å². The van der Waals surface area contributed by atoms with Crippen LogP contribution in [-0.4, -0.2) is 49.7 Å². The molecule has 0 aliphatic carbocycles. The van der Waals surface area contributed by atoms with Crippen LogP contribution >= 0.6 is 23.2 Å². The number of hydrogen-bond donors (Lipinski definition) is 3. The van der Waals surface area contributed by atoms with Crippen LogP contribution in [0.25, 0.3) is 0 Å². The summed E-state index contributed by atoms with van der Waals surface area (Å²) in [5.41, 5.74) is 12.9. The Balaban J connectivity index is 1.61. The second-order valence-corrected chi connectivity index (χ2v) is 8.05. The zero-order chi connectivity index (χ0) is 22.5. The van der Waals surface area contributed by atoms with E-state index in [-0.39, 0.29) is 24.5 Å². The van der Waals surface area contributed by atoms with E-state index in [9.17, 15) is 9.59 Å². The Morgan fingerprint density at radius 1 is 1.19 bits per heavy atom. The molecule has 10 heteroatoms. The van der Waals surface area contributed by atoms with E-state index >= 15 is 0 Å². The molecule has 1 heterocycles. The van der Waals surface area contributed by atoms with Crippen molar-refractivity contribution in [2.45, 2.75) is 18.4 Å². The third-order valence-electron chi connectivity index (χ3n) is 5.16. The number of methoxy groups -OCH3 is 1. The molecule has 2 aromatic carbocycles. The molecule has 1 fully saturated rings. The molecule has 2 atom stereocenters. The molecule has 0 bridgehead atoms. The summed E-state index contributed by atoms with van der Waals surface area (Å²) in [4.78, 5) is 25.5. The average Bonchev–Trinajstić information content (AvgIpc) is 2.73. The lowest BCUT2D eigenvalue weighted by Crippen LogP contribution is -2.50. The predicted molar refractivity (Wildman–Crippen MR) is 120 cm³/mol. The van der Waals surface area contributed by atoms with Crippen molar-refractivity contribution < 1.29 is 19.1 Å². The number of urea groups is 1. The Morgan fingerprint density at radius 2 is 1.97 bits per heavy atom. The Kier molecular flexibility index (Phi) is 7.48. The van der Waals surface area contributed by atoms with E-state index in [0.29, 0.717) is 46.7 Å². The van der Waals surface area contributed by atoms with Crippen molar-refractivity contribution in [1.29, 1.82) is 0 Å². The third kappa shape index (κ3) is 5.72. The Labute approximate surface area is 190 Å². The number of halogens is 2. The molecule has 0 aromatic heterocycles. The van der Waals surface area contributed by atoms with Gasteiger partial charge in [-0.15, -0.1) is 0 Å². The largest absolute Gasteiger partial charge is 0.495 e. The lowest BCUT2D eigenvalue weighted by molar-refractivity contribution is -0.134. The van der Waals surface area contributed by atoms with Gasteiger partial charge >= 0.3 is 6.03 Å². The minimum atomic E-state index is -0.759. The van der Waals surface area contributed by atoms with E-state index in [1.165, 1.54) is 6.07 Å². The summed E-state index contributed by atoms with van der Waals surface area (Å²) in [7, 11) is 1.57. The molecule has 0 saturated carbocycles. The molecular formula is C21H24Cl2N4O4. The number of primary amides is 1. The van der Waals surface area contributed by atoms with Crippen molar-refractivity contribution in [3.05, 3.63) is 52.0 Å². The molecule has 3 amide bonds. The van der Waals surface area contributed by atoms with Crippen LogP contribution in [-0.2, 0) is 4.79 Å². The Morgan fingerprint density at radius 3 is 2.65 bits per heavy atom. The van der Waals surface area contributed by atoms with E-state index in [0.717, 1.165) is 5.56 Å². The fraction of sp³-hybridized carbons (Fsp3) is 0.333. The van der Waals surface area contributed by atoms with Crippen LogP contribution in [0, 0.1) is 0 Å². The van der Waals surface area contributed by atoms with E-state index in [1.807, 2.05) is 12.1 Å². The molecule has 0 spiro atoms. The molecule has 2 unspecified atom stereocenters. The molecular weight excluding hydrogens is 443 g/mol. The van der Waals surface area contributed by atoms with Crippen molar-refractivity contribution >= 4 is 40.8 Å². The molecule has 31 heavy (non-hydrogen) atoms. The van der Waals surface area contributed by atoms with E-state index in [4.69, 9.17) is 44.1 Å². The summed E-state index contributed by atoms with van der Waals surface area (Å²) in [5.74, 6) is 0.770. The zero-order valence-electron chi connectivity index (χ0n) is 16.9. The van der Waals surface area contributed by atoms with Crippen LogP contribution in [0.4, 0.5) is 10.5 Å². The number of rotatable bonds is 6. The van der Waals surface area contributed by atoms with Gasteiger partial charge in [0, 0.05) is 30.1 Å². The van der Waals surface area contributed by atoms with Crippen LogP contribution in [0.15, 0.2) is 36.4 Å². The maximum Gasteiger partial charge on any atom is 0.316 e. The highest BCUT2D eigenvalue weighted by Crippen LogP contribution is 2.33. The highest BCUT2D eigenvalue weighted by Gasteiger charge is 2.30. The molecule has 3 rings (SSSR count). The topological polar surface area (TPSA) is 120 Å². The average molecular weight is 467 g/mol. The Bertz CT molecular complexity index is 972. The van der Waals surface area contributed by atoms with Crippen LogP contribution in [0.1, 0.15) is 17.9 Å². The number of nitrogens with two attached hydrogens (primary N) is 2. The number of carbonyl (C=O) groups is 2. The number of amides is 3. The van der Waals surface area contributed by atoms with Crippen LogP contribution < -0.4 is 26.3 Å². The summed E-state index contributed by atoms with van der Waals surface area (Å²) in [6.45, 7) is 0.727. The van der Waals surface area contributed by atoms with E-state index in [2.05, 4.69) is 5.32 Å². The second kappa shape index (κ2) is 10.1. The van der Waals surface area contributed by atoms with Gasteiger partial charge in [-0.05, 0) is 42.3 Å². The monoisotopic (exact) mass is 466 g/mol. The fourth-order valence-corrected chi connectivity index (χ4v) is 3.99. The number of carbonyl (C=O) groups excluding carboxylic acids is 2. The number of nitrogens with zero attached hydrogens (tertiary/aromatic N) is 1. The predicted octanol–water partition coefficient (Wildman–Crippen LogP) is 3.21. The highest BCUT2D eigenvalue weighted by atomic mass is 35.5. The van der Waals surface area contributed by atoms with Gasteiger partial charge in [-0.2, -0.15) is 0 Å². The number of hydrogen-bond acceptors (Lipinski definition) is 5. The molecule has 2 aromatic rings. The van der Waals surface area contributed by atoms with E-state index in [1.54, 1.807) is 30.2 Å². The second-order valence-electron chi connectivity index (χ2n) is 7.21. The maximum atomic E-state index is 12.7. The normalized spacial score (nSPS) is 18.4. The van der Waals surface area contributed by atoms with Gasteiger partial charge in [0.1, 0.15) is 11.5 Å². The van der Waals surface area contributed by atoms with Crippen LogP contribution in [0.5, 0.6) is 11.5 Å². The van der Waals surface area contributed by atoms with Crippen molar-refractivity contribution in [2.75, 3.05) is 32.1 Å². The van der Waals surface area contributed by atoms with Gasteiger partial charge in [0.15, 0.2) is 6.61 Å². The number of nitrogens with one attached hydrogen (secondary N) is 1. The van der Waals surface area contributed by atoms with Crippen molar-refractivity contribution in [3.63, 3.8) is 0 Å². The lowest BCUT2D eigenvalue weighted by atomic mass is 9.85. The number of ether oxygens (including phenoxy) is 2. The van der Waals surface area contributed by atoms with Gasteiger partial charge in [-0.1, -0.05) is 29.3 Å². The first-order valence-electron chi connectivity index (χ1n) is 9.64. The van der Waals surface area contributed by atoms with Crippen LogP contribution in [0.2, 0.25) is 10.0 Å². The van der Waals surface area contributed by atoms with Gasteiger partial charge in [-0.3, -0.25) is 4.79 Å². The lowest BCUT2D eigenvalue weighted by Gasteiger charge is -2.37. The van der Waals surface area contributed by atoms with E-state index < -0.39 is 6.03 Å². The van der Waals surface area contributed by atoms with Crippen molar-refractivity contribution in [1.82, 2.24) is 4.90 Å². The maximum absolute atomic E-state index is 12.7. The number of anilines is 1. The summed E-state index contributed by atoms with van der Waals surface area (Å²) < 4.78 is 10.9. The molecule has 1 aliphatic heterocycles. The minimum absolute atomic E-state index is 0.0822. The van der Waals surface area contributed by atoms with Crippen LogP contribution in [0.3, 0.4) is 0 Å². The number of likely N-dealkylation sites (tertiary alicyclic amines) is 1. The minimum Gasteiger partial charge on any atom is -0.495 e. The molecule has 8 nitrogen and oxygen atoms in total. The van der Waals surface area contributed by atoms with Gasteiger partial charge in [-0.25, -0.2) is 4.79 Å². The fourth-order valence-electron chi connectivity index (χ4n) is 3.62. The smallest absolute Gasteiger partial charge is 0.316 e. The third-order valence-corrected chi connectivity index (χ3v) is 5.71. The molecule has 1 saturated heterocycles. The first-order chi connectivity index (χ1) is 14.8. The zero-order valence-corrected chi connectivity index (χ0v) is 18.4. The first-order valence-corrected chi connectivity index (χ1v) is 10.4. The van der Waals surface area contributed by atoms with Gasteiger partial charge in [0.25, 0.3) is 5.91 Å². The first kappa shape index (κ1) is 23.0. The summed E-state index contributed by atoms with van der Waals surface area (Å²) in [6.07, 6.45) is 0.702. The number of benzene rings is 2. The summed E-state index contributed by atoms with van der Waals surface area (Å²) in [6, 6.07) is 9.26. The molecule has 5 N–H and O–H groups in total. The SMILES string of the molecule is COc1cc(C2CCN(C(=O)COc3ccc(Cl)cc3NC(N)=O)CC2N)ccc1Cl. The summed E-state index contributed by atoms with van der Waals surface area (Å²) >= 11 is 12.0. The Hall–Kier alpha value is -2.68. The number of piperidine rings is 1. The molecule has 0 radical (unpaired) electrons. The van der Waals surface area contributed by atoms with Gasteiger partial charge < -0.3 is 31.2 Å². The van der Waals surface area contributed by atoms with Crippen molar-refractivity contribution in [3.8, 4) is 11.5 Å². The summed E-state index contributed by atoms with van der Waals surface area (Å²) in [5, 5.41) is 3.36. The highest BCUT2D eigenvalue weighted by molar-refractivity contribution is 6.32.